The monoisotopic (exact) mass is 289 g/mol. The van der Waals surface area contributed by atoms with E-state index in [2.05, 4.69) is 5.32 Å². The van der Waals surface area contributed by atoms with Crippen molar-refractivity contribution in [3.63, 3.8) is 0 Å². The number of likely N-dealkylation sites (N-methyl/N-ethyl adjacent to an activating group) is 1. The zero-order chi connectivity index (χ0) is 13.9. The van der Waals surface area contributed by atoms with E-state index in [1.807, 2.05) is 7.05 Å². The molecule has 1 heterocycles. The Bertz CT molecular complexity index is 379. The third-order valence-corrected chi connectivity index (χ3v) is 6.61. The van der Waals surface area contributed by atoms with E-state index in [1.165, 1.54) is 6.42 Å². The second-order valence-corrected chi connectivity index (χ2v) is 7.72. The molecule has 2 rings (SSSR count). The first kappa shape index (κ1) is 15.2. The lowest BCUT2D eigenvalue weighted by Crippen LogP contribution is -2.50. The fourth-order valence-electron chi connectivity index (χ4n) is 3.35. The first-order chi connectivity index (χ1) is 9.07. The second-order valence-electron chi connectivity index (χ2n) is 5.78. The molecular weight excluding hydrogens is 262 g/mol. The minimum atomic E-state index is -3.28. The van der Waals surface area contributed by atoms with Gasteiger partial charge in [-0.05, 0) is 32.7 Å². The number of hydrogen-bond acceptors (Lipinski definition) is 3. The zero-order valence-electron chi connectivity index (χ0n) is 12.1. The fraction of sp³-hybridized carbons (Fsp3) is 1.00. The quantitative estimate of drug-likeness (QED) is 0.827. The molecule has 0 bridgehead atoms. The summed E-state index contributed by atoms with van der Waals surface area (Å²) in [6.07, 6.45) is 7.54. The van der Waals surface area contributed by atoms with Crippen LogP contribution in [-0.4, -0.2) is 56.3 Å². The van der Waals surface area contributed by atoms with Crippen molar-refractivity contribution in [3.8, 4) is 0 Å². The van der Waals surface area contributed by atoms with Crippen molar-refractivity contribution in [2.24, 2.45) is 0 Å². The van der Waals surface area contributed by atoms with Gasteiger partial charge in [0.25, 0.3) is 10.2 Å². The van der Waals surface area contributed by atoms with Gasteiger partial charge < -0.3 is 5.32 Å². The Morgan fingerprint density at radius 3 is 2.47 bits per heavy atom. The van der Waals surface area contributed by atoms with Crippen molar-refractivity contribution in [2.75, 3.05) is 27.2 Å². The summed E-state index contributed by atoms with van der Waals surface area (Å²) in [5, 5.41) is 3.11. The van der Waals surface area contributed by atoms with Crippen molar-refractivity contribution in [2.45, 2.75) is 57.0 Å². The Kier molecular flexibility index (Phi) is 5.22. The number of nitrogens with one attached hydrogen (secondary N) is 1. The van der Waals surface area contributed by atoms with Gasteiger partial charge in [-0.3, -0.25) is 0 Å². The summed E-state index contributed by atoms with van der Waals surface area (Å²) in [7, 11) is 0.364. The van der Waals surface area contributed by atoms with Gasteiger partial charge in [-0.25, -0.2) is 0 Å². The molecule has 1 unspecified atom stereocenters. The van der Waals surface area contributed by atoms with Crippen LogP contribution in [0, 0.1) is 0 Å². The molecule has 0 radical (unpaired) electrons. The van der Waals surface area contributed by atoms with Crippen LogP contribution in [0.25, 0.3) is 0 Å². The van der Waals surface area contributed by atoms with Gasteiger partial charge in [0.1, 0.15) is 0 Å². The Morgan fingerprint density at radius 2 is 1.84 bits per heavy atom. The molecule has 0 aromatic rings. The summed E-state index contributed by atoms with van der Waals surface area (Å²) in [5.41, 5.74) is 0. The van der Waals surface area contributed by atoms with E-state index >= 15 is 0 Å². The van der Waals surface area contributed by atoms with Crippen LogP contribution in [0.15, 0.2) is 0 Å². The SMILES string of the molecule is CNCC1CCCN1S(=O)(=O)N(C)C1CCCCC1. The van der Waals surface area contributed by atoms with Gasteiger partial charge in [-0.2, -0.15) is 17.0 Å². The van der Waals surface area contributed by atoms with Gasteiger partial charge in [-0.1, -0.05) is 19.3 Å². The molecule has 19 heavy (non-hydrogen) atoms. The van der Waals surface area contributed by atoms with Crippen LogP contribution >= 0.6 is 0 Å². The van der Waals surface area contributed by atoms with Crippen LogP contribution in [0.5, 0.6) is 0 Å². The van der Waals surface area contributed by atoms with E-state index in [1.54, 1.807) is 15.7 Å². The molecule has 1 N–H and O–H groups in total. The predicted molar refractivity (Wildman–Crippen MR) is 77.2 cm³/mol. The highest BCUT2D eigenvalue weighted by molar-refractivity contribution is 7.86. The molecule has 0 aromatic carbocycles. The molecule has 2 aliphatic rings. The molecule has 1 saturated carbocycles. The molecule has 6 heteroatoms. The van der Waals surface area contributed by atoms with Crippen LogP contribution in [0.4, 0.5) is 0 Å². The maximum absolute atomic E-state index is 12.7. The van der Waals surface area contributed by atoms with E-state index in [-0.39, 0.29) is 12.1 Å². The molecular formula is C13H27N3O2S. The topological polar surface area (TPSA) is 52.7 Å². The average molecular weight is 289 g/mol. The lowest BCUT2D eigenvalue weighted by molar-refractivity contribution is 0.258. The maximum atomic E-state index is 12.7. The zero-order valence-corrected chi connectivity index (χ0v) is 13.0. The van der Waals surface area contributed by atoms with Crippen LogP contribution in [-0.2, 0) is 10.2 Å². The number of hydrogen-bond donors (Lipinski definition) is 1. The molecule has 0 amide bonds. The molecule has 1 atom stereocenters. The summed E-state index contributed by atoms with van der Waals surface area (Å²) >= 11 is 0. The van der Waals surface area contributed by atoms with Gasteiger partial charge >= 0.3 is 0 Å². The van der Waals surface area contributed by atoms with Crippen LogP contribution < -0.4 is 5.32 Å². The van der Waals surface area contributed by atoms with Gasteiger partial charge in [0.15, 0.2) is 0 Å². The van der Waals surface area contributed by atoms with E-state index in [9.17, 15) is 8.42 Å². The Hall–Kier alpha value is -0.170. The summed E-state index contributed by atoms with van der Waals surface area (Å²) in [4.78, 5) is 0. The van der Waals surface area contributed by atoms with Gasteiger partial charge in [0, 0.05) is 32.2 Å². The Labute approximate surface area is 117 Å². The van der Waals surface area contributed by atoms with Gasteiger partial charge in [0.2, 0.25) is 0 Å². The van der Waals surface area contributed by atoms with E-state index in [0.29, 0.717) is 6.54 Å². The standard InChI is InChI=1S/C13H27N3O2S/c1-14-11-13-9-6-10-16(13)19(17,18)15(2)12-7-4-3-5-8-12/h12-14H,3-11H2,1-2H3. The highest BCUT2D eigenvalue weighted by Crippen LogP contribution is 2.28. The summed E-state index contributed by atoms with van der Waals surface area (Å²) in [6.45, 7) is 1.42. The summed E-state index contributed by atoms with van der Waals surface area (Å²) in [5.74, 6) is 0. The average Bonchev–Trinajstić information content (AvgIpc) is 2.88. The van der Waals surface area contributed by atoms with Crippen molar-refractivity contribution < 1.29 is 8.42 Å². The normalized spacial score (nSPS) is 27.2. The van der Waals surface area contributed by atoms with Gasteiger partial charge in [0.05, 0.1) is 0 Å². The number of nitrogens with zero attached hydrogens (tertiary/aromatic N) is 2. The molecule has 1 aliphatic heterocycles. The predicted octanol–water partition coefficient (Wildman–Crippen LogP) is 1.18. The van der Waals surface area contributed by atoms with Crippen molar-refractivity contribution in [3.05, 3.63) is 0 Å². The number of rotatable bonds is 5. The molecule has 1 saturated heterocycles. The third-order valence-electron chi connectivity index (χ3n) is 4.51. The smallest absolute Gasteiger partial charge is 0.282 e. The van der Waals surface area contributed by atoms with E-state index in [0.717, 1.165) is 45.1 Å². The highest BCUT2D eigenvalue weighted by Gasteiger charge is 2.38. The molecule has 2 fully saturated rings. The van der Waals surface area contributed by atoms with E-state index in [4.69, 9.17) is 0 Å². The van der Waals surface area contributed by atoms with Crippen LogP contribution in [0.3, 0.4) is 0 Å². The Balaban J connectivity index is 2.07. The lowest BCUT2D eigenvalue weighted by Gasteiger charge is -2.35. The van der Waals surface area contributed by atoms with Gasteiger partial charge in [-0.15, -0.1) is 0 Å². The van der Waals surface area contributed by atoms with Crippen molar-refractivity contribution >= 4 is 10.2 Å². The van der Waals surface area contributed by atoms with Crippen LogP contribution in [0.2, 0.25) is 0 Å². The molecule has 112 valence electrons. The molecule has 0 aromatic heterocycles. The fourth-order valence-corrected chi connectivity index (χ4v) is 5.19. The van der Waals surface area contributed by atoms with E-state index < -0.39 is 10.2 Å². The minimum Gasteiger partial charge on any atom is -0.318 e. The second kappa shape index (κ2) is 6.52. The molecule has 0 spiro atoms. The minimum absolute atomic E-state index is 0.126. The molecule has 1 aliphatic carbocycles. The highest BCUT2D eigenvalue weighted by atomic mass is 32.2. The summed E-state index contributed by atoms with van der Waals surface area (Å²) in [6, 6.07) is 0.329. The Morgan fingerprint density at radius 1 is 1.16 bits per heavy atom. The first-order valence-electron chi connectivity index (χ1n) is 7.46. The molecule has 5 nitrogen and oxygen atoms in total. The largest absolute Gasteiger partial charge is 0.318 e. The first-order valence-corrected chi connectivity index (χ1v) is 8.86. The van der Waals surface area contributed by atoms with Crippen LogP contribution in [0.1, 0.15) is 44.9 Å². The summed E-state index contributed by atoms with van der Waals surface area (Å²) < 4.78 is 28.8. The third kappa shape index (κ3) is 3.29. The maximum Gasteiger partial charge on any atom is 0.282 e. The lowest BCUT2D eigenvalue weighted by atomic mass is 9.96. The van der Waals surface area contributed by atoms with Crippen molar-refractivity contribution in [1.29, 1.82) is 0 Å². The van der Waals surface area contributed by atoms with Crippen molar-refractivity contribution in [1.82, 2.24) is 13.9 Å².